The van der Waals surface area contributed by atoms with E-state index in [1.165, 1.54) is 0 Å². The van der Waals surface area contributed by atoms with Crippen LogP contribution in [0, 0.1) is 5.92 Å². The minimum atomic E-state index is -0.506. The monoisotopic (exact) mass is 438 g/mol. The van der Waals surface area contributed by atoms with Crippen molar-refractivity contribution in [2.45, 2.75) is 25.3 Å². The van der Waals surface area contributed by atoms with Crippen LogP contribution in [0.5, 0.6) is 5.75 Å². The lowest BCUT2D eigenvalue weighted by Gasteiger charge is -2.37. The first-order chi connectivity index (χ1) is 16.1. The summed E-state index contributed by atoms with van der Waals surface area (Å²) in [5.41, 5.74) is 4.39. The Bertz CT molecular complexity index is 1230. The van der Waals surface area contributed by atoms with Crippen molar-refractivity contribution in [1.82, 2.24) is 0 Å². The van der Waals surface area contributed by atoms with Crippen LogP contribution >= 0.6 is 0 Å². The molecule has 0 saturated heterocycles. The average Bonchev–Trinajstić information content (AvgIpc) is 2.99. The summed E-state index contributed by atoms with van der Waals surface area (Å²) in [6.45, 7) is 1.55. The Morgan fingerprint density at radius 3 is 2.45 bits per heavy atom. The molecule has 166 valence electrons. The molecule has 0 fully saturated rings. The van der Waals surface area contributed by atoms with Crippen LogP contribution in [0.15, 0.2) is 90.6 Å². The second-order valence-electron chi connectivity index (χ2n) is 8.54. The maximum absolute atomic E-state index is 13.8. The van der Waals surface area contributed by atoms with Gasteiger partial charge in [-0.05, 0) is 35.4 Å². The van der Waals surface area contributed by atoms with Gasteiger partial charge in [0.1, 0.15) is 11.5 Å². The summed E-state index contributed by atoms with van der Waals surface area (Å²) in [6.07, 6.45) is 2.55. The van der Waals surface area contributed by atoms with Crippen molar-refractivity contribution >= 4 is 23.1 Å². The maximum Gasteiger partial charge on any atom is 0.224 e. The number of benzene rings is 3. The first-order valence-corrected chi connectivity index (χ1v) is 11.2. The third-order valence-corrected chi connectivity index (χ3v) is 6.52. The number of nitrogens with one attached hydrogen (secondary N) is 1. The zero-order valence-corrected chi connectivity index (χ0v) is 18.7. The highest BCUT2D eigenvalue weighted by Gasteiger charge is 2.44. The molecule has 2 aliphatic rings. The molecule has 1 aliphatic heterocycles. The zero-order chi connectivity index (χ0) is 22.9. The number of hydrogen-bond acceptors (Lipinski definition) is 4. The topological polar surface area (TPSA) is 58.6 Å². The summed E-state index contributed by atoms with van der Waals surface area (Å²) in [4.78, 5) is 28.6. The van der Waals surface area contributed by atoms with Crippen LogP contribution in [0.3, 0.4) is 0 Å². The van der Waals surface area contributed by atoms with E-state index in [2.05, 4.69) is 23.5 Å². The molecule has 0 saturated carbocycles. The summed E-state index contributed by atoms with van der Waals surface area (Å²) < 4.78 is 5.46. The molecule has 0 radical (unpaired) electrons. The lowest BCUT2D eigenvalue weighted by Crippen LogP contribution is -2.41. The first kappa shape index (κ1) is 21.0. The average molecular weight is 439 g/mol. The molecule has 0 aromatic heterocycles. The van der Waals surface area contributed by atoms with Crippen LogP contribution in [0.4, 0.5) is 11.4 Å². The highest BCUT2D eigenvalue weighted by atomic mass is 16.5. The van der Waals surface area contributed by atoms with Crippen LogP contribution < -0.4 is 15.0 Å². The van der Waals surface area contributed by atoms with E-state index < -0.39 is 12.0 Å². The second-order valence-corrected chi connectivity index (χ2v) is 8.54. The van der Waals surface area contributed by atoms with Gasteiger partial charge in [0.15, 0.2) is 0 Å². The van der Waals surface area contributed by atoms with Crippen molar-refractivity contribution < 1.29 is 14.3 Å². The molecular formula is C28H26N2O3. The van der Waals surface area contributed by atoms with Crippen LogP contribution in [-0.4, -0.2) is 18.8 Å². The lowest BCUT2D eigenvalue weighted by molar-refractivity contribution is -0.123. The fraction of sp³-hybridized carbons (Fsp3) is 0.214. The van der Waals surface area contributed by atoms with Crippen LogP contribution in [0.2, 0.25) is 0 Å². The predicted octanol–water partition coefficient (Wildman–Crippen LogP) is 5.47. The number of allylic oxidation sites excluding steroid dienone is 1. The highest BCUT2D eigenvalue weighted by Crippen LogP contribution is 2.48. The van der Waals surface area contributed by atoms with Gasteiger partial charge in [-0.2, -0.15) is 0 Å². The molecule has 3 aromatic rings. The SMILES string of the molecule is COc1cccc(C2C3C(=O)CC(c4ccccc4)C=C3Nc3ccccc3N2C(C)=O)c1. The van der Waals surface area contributed by atoms with E-state index in [1.807, 2.05) is 66.7 Å². The first-order valence-electron chi connectivity index (χ1n) is 11.2. The second kappa shape index (κ2) is 8.58. The fourth-order valence-electron chi connectivity index (χ4n) is 5.05. The van der Waals surface area contributed by atoms with Crippen molar-refractivity contribution in [3.05, 3.63) is 102 Å². The summed E-state index contributed by atoms with van der Waals surface area (Å²) >= 11 is 0. The number of carbonyl (C=O) groups excluding carboxylic acids is 2. The van der Waals surface area contributed by atoms with Crippen molar-refractivity contribution in [1.29, 1.82) is 0 Å². The number of anilines is 2. The predicted molar refractivity (Wildman–Crippen MR) is 129 cm³/mol. The van der Waals surface area contributed by atoms with E-state index >= 15 is 0 Å². The number of carbonyl (C=O) groups is 2. The zero-order valence-electron chi connectivity index (χ0n) is 18.7. The van der Waals surface area contributed by atoms with Crippen molar-refractivity contribution in [3.8, 4) is 5.75 Å². The molecule has 1 N–H and O–H groups in total. The number of para-hydroxylation sites is 2. The number of nitrogens with zero attached hydrogens (tertiary/aromatic N) is 1. The molecule has 1 heterocycles. The van der Waals surface area contributed by atoms with Gasteiger partial charge in [-0.15, -0.1) is 0 Å². The Kier molecular flexibility index (Phi) is 5.47. The molecule has 3 aromatic carbocycles. The molecular weight excluding hydrogens is 412 g/mol. The van der Waals surface area contributed by atoms with Crippen LogP contribution in [0.1, 0.15) is 36.4 Å². The van der Waals surface area contributed by atoms with Gasteiger partial charge < -0.3 is 15.0 Å². The van der Waals surface area contributed by atoms with Crippen LogP contribution in [0.25, 0.3) is 0 Å². The Labute approximate surface area is 193 Å². The number of rotatable bonds is 3. The molecule has 5 nitrogen and oxygen atoms in total. The van der Waals surface area contributed by atoms with Crippen molar-refractivity contribution in [2.24, 2.45) is 5.92 Å². The van der Waals surface area contributed by atoms with Gasteiger partial charge >= 0.3 is 0 Å². The molecule has 3 atom stereocenters. The van der Waals surface area contributed by atoms with Gasteiger partial charge in [-0.3, -0.25) is 9.59 Å². The van der Waals surface area contributed by atoms with Crippen LogP contribution in [-0.2, 0) is 9.59 Å². The summed E-state index contributed by atoms with van der Waals surface area (Å²) in [5.74, 6) is 0.169. The van der Waals surface area contributed by atoms with Gasteiger partial charge in [0.2, 0.25) is 5.91 Å². The third-order valence-electron chi connectivity index (χ3n) is 6.52. The Hall–Kier alpha value is -3.86. The third kappa shape index (κ3) is 3.80. The number of amides is 1. The van der Waals surface area contributed by atoms with E-state index in [1.54, 1.807) is 18.9 Å². The molecule has 1 aliphatic carbocycles. The number of ether oxygens (including phenoxy) is 1. The minimum absolute atomic E-state index is 0.0144. The number of hydrogen-bond donors (Lipinski definition) is 1. The smallest absolute Gasteiger partial charge is 0.224 e. The summed E-state index contributed by atoms with van der Waals surface area (Å²) in [6, 6.07) is 25.0. The Morgan fingerprint density at radius 2 is 1.70 bits per heavy atom. The van der Waals surface area contributed by atoms with Gasteiger partial charge in [-0.1, -0.05) is 60.7 Å². The molecule has 5 heteroatoms. The fourth-order valence-corrected chi connectivity index (χ4v) is 5.05. The largest absolute Gasteiger partial charge is 0.497 e. The lowest BCUT2D eigenvalue weighted by atomic mass is 9.76. The number of ketones is 1. The van der Waals surface area contributed by atoms with Gasteiger partial charge in [0.25, 0.3) is 0 Å². The number of methoxy groups -OCH3 is 1. The normalized spacial score (nSPS) is 21.8. The molecule has 0 spiro atoms. The molecule has 0 bridgehead atoms. The summed E-state index contributed by atoms with van der Waals surface area (Å²) in [7, 11) is 1.62. The maximum atomic E-state index is 13.8. The standard InChI is InChI=1S/C28H26N2O3/c1-18(31)30-25-14-7-6-13-23(25)29-24-16-21(19-9-4-3-5-10-19)17-26(32)27(24)28(30)20-11-8-12-22(15-20)33-2/h3-16,21,27-29H,17H2,1-2H3. The molecule has 3 unspecified atom stereocenters. The molecule has 33 heavy (non-hydrogen) atoms. The van der Waals surface area contributed by atoms with E-state index in [0.29, 0.717) is 12.2 Å². The highest BCUT2D eigenvalue weighted by molar-refractivity contribution is 6.00. The van der Waals surface area contributed by atoms with E-state index in [4.69, 9.17) is 4.74 Å². The number of fused-ring (bicyclic) bond motifs is 2. The van der Waals surface area contributed by atoms with E-state index in [0.717, 1.165) is 28.2 Å². The van der Waals surface area contributed by atoms with E-state index in [-0.39, 0.29) is 17.6 Å². The molecule has 5 rings (SSSR count). The minimum Gasteiger partial charge on any atom is -0.497 e. The van der Waals surface area contributed by atoms with E-state index in [9.17, 15) is 9.59 Å². The van der Waals surface area contributed by atoms with Gasteiger partial charge in [0.05, 0.1) is 30.4 Å². The van der Waals surface area contributed by atoms with Gasteiger partial charge in [0, 0.05) is 25.0 Å². The number of Topliss-reactive ketones (excluding diaryl/α,β-unsaturated/α-hetero) is 1. The Morgan fingerprint density at radius 1 is 0.970 bits per heavy atom. The summed E-state index contributed by atoms with van der Waals surface area (Å²) in [5, 5.41) is 3.52. The molecule has 1 amide bonds. The Balaban J connectivity index is 1.72. The quantitative estimate of drug-likeness (QED) is 0.589. The van der Waals surface area contributed by atoms with Gasteiger partial charge in [-0.25, -0.2) is 0 Å². The van der Waals surface area contributed by atoms with Crippen molar-refractivity contribution in [2.75, 3.05) is 17.3 Å². The van der Waals surface area contributed by atoms with Crippen molar-refractivity contribution in [3.63, 3.8) is 0 Å².